The molecule has 3 amide bonds. The van der Waals surface area contributed by atoms with Crippen molar-refractivity contribution in [2.24, 2.45) is 0 Å². The Morgan fingerprint density at radius 1 is 1.23 bits per heavy atom. The van der Waals surface area contributed by atoms with Gasteiger partial charge in [-0.3, -0.25) is 10.1 Å². The molecule has 1 aromatic carbocycles. The van der Waals surface area contributed by atoms with Gasteiger partial charge in [0.05, 0.1) is 11.8 Å². The Kier molecular flexibility index (Phi) is 4.61. The summed E-state index contributed by atoms with van der Waals surface area (Å²) in [6.45, 7) is 0.954. The molecule has 0 spiro atoms. The molecule has 10 nitrogen and oxygen atoms in total. The van der Waals surface area contributed by atoms with Gasteiger partial charge in [0.25, 0.3) is 0 Å². The summed E-state index contributed by atoms with van der Waals surface area (Å²) < 4.78 is 12.6. The standard InChI is InChI=1S/C15H16N6O4S/c22-13(8-26-15-18-19-20-21(15)10-2-3-10)17-14(23)16-9-1-4-11-12(7-9)25-6-5-24-11/h1,4,7,10H,2-3,5-6,8H2,(H2,16,17,22,23). The minimum Gasteiger partial charge on any atom is -0.486 e. The Hall–Kier alpha value is -2.82. The number of urea groups is 1. The molecule has 1 aromatic heterocycles. The summed E-state index contributed by atoms with van der Waals surface area (Å²) in [5, 5.41) is 16.9. The normalized spacial score (nSPS) is 15.4. The number of ether oxygens (including phenoxy) is 2. The van der Waals surface area contributed by atoms with Crippen molar-refractivity contribution in [3.63, 3.8) is 0 Å². The zero-order valence-corrected chi connectivity index (χ0v) is 14.5. The third-order valence-electron chi connectivity index (χ3n) is 3.74. The van der Waals surface area contributed by atoms with E-state index in [9.17, 15) is 9.59 Å². The van der Waals surface area contributed by atoms with Gasteiger partial charge in [-0.05, 0) is 35.4 Å². The third-order valence-corrected chi connectivity index (χ3v) is 4.67. The number of thioether (sulfide) groups is 1. The van der Waals surface area contributed by atoms with Gasteiger partial charge in [0.1, 0.15) is 13.2 Å². The second kappa shape index (κ2) is 7.20. The van der Waals surface area contributed by atoms with Crippen LogP contribution in [0.5, 0.6) is 11.5 Å². The summed E-state index contributed by atoms with van der Waals surface area (Å²) in [6, 6.07) is 4.75. The molecule has 0 saturated heterocycles. The molecule has 1 aliphatic carbocycles. The summed E-state index contributed by atoms with van der Waals surface area (Å²) in [6.07, 6.45) is 2.09. The van der Waals surface area contributed by atoms with Crippen LogP contribution in [0.25, 0.3) is 0 Å². The smallest absolute Gasteiger partial charge is 0.325 e. The van der Waals surface area contributed by atoms with E-state index in [0.717, 1.165) is 12.8 Å². The quantitative estimate of drug-likeness (QED) is 0.748. The summed E-state index contributed by atoms with van der Waals surface area (Å²) in [4.78, 5) is 23.9. The molecule has 11 heteroatoms. The van der Waals surface area contributed by atoms with Crippen molar-refractivity contribution >= 4 is 29.4 Å². The van der Waals surface area contributed by atoms with Crippen molar-refractivity contribution < 1.29 is 19.1 Å². The molecule has 1 fully saturated rings. The Morgan fingerprint density at radius 2 is 2.04 bits per heavy atom. The zero-order valence-electron chi connectivity index (χ0n) is 13.7. The maximum absolute atomic E-state index is 12.0. The fourth-order valence-corrected chi connectivity index (χ4v) is 3.15. The summed E-state index contributed by atoms with van der Waals surface area (Å²) >= 11 is 1.20. The topological polar surface area (TPSA) is 120 Å². The number of rotatable bonds is 5. The first kappa shape index (κ1) is 16.6. The van der Waals surface area contributed by atoms with Crippen molar-refractivity contribution in [1.82, 2.24) is 25.5 Å². The van der Waals surface area contributed by atoms with Crippen LogP contribution in [0.15, 0.2) is 23.4 Å². The van der Waals surface area contributed by atoms with Gasteiger partial charge in [-0.1, -0.05) is 11.8 Å². The summed E-state index contributed by atoms with van der Waals surface area (Å²) in [5.41, 5.74) is 0.505. The van der Waals surface area contributed by atoms with Crippen LogP contribution in [0.4, 0.5) is 10.5 Å². The van der Waals surface area contributed by atoms with Crippen LogP contribution < -0.4 is 20.1 Å². The molecular formula is C15H16N6O4S. The SMILES string of the molecule is O=C(CSc1nnnn1C1CC1)NC(=O)Nc1ccc2c(c1)OCCO2. The lowest BCUT2D eigenvalue weighted by atomic mass is 10.2. The number of nitrogens with one attached hydrogen (secondary N) is 2. The van der Waals surface area contributed by atoms with Crippen molar-refractivity contribution in [2.45, 2.75) is 24.0 Å². The number of carbonyl (C=O) groups excluding carboxylic acids is 2. The minimum atomic E-state index is -0.617. The van der Waals surface area contributed by atoms with Crippen LogP contribution >= 0.6 is 11.8 Å². The van der Waals surface area contributed by atoms with Crippen LogP contribution in [0, 0.1) is 0 Å². The average Bonchev–Trinajstić information content (AvgIpc) is 3.37. The highest BCUT2D eigenvalue weighted by atomic mass is 32.2. The fraction of sp³-hybridized carbons (Fsp3) is 0.400. The first-order chi connectivity index (χ1) is 12.7. The minimum absolute atomic E-state index is 0.0433. The Bertz CT molecular complexity index is 837. The molecule has 2 heterocycles. The number of anilines is 1. The Morgan fingerprint density at radius 3 is 2.85 bits per heavy atom. The molecule has 2 aromatic rings. The van der Waals surface area contributed by atoms with E-state index in [1.165, 1.54) is 11.8 Å². The lowest BCUT2D eigenvalue weighted by Crippen LogP contribution is -2.35. The largest absolute Gasteiger partial charge is 0.486 e. The average molecular weight is 376 g/mol. The second-order valence-corrected chi connectivity index (χ2v) is 6.73. The van der Waals surface area contributed by atoms with E-state index in [1.54, 1.807) is 22.9 Å². The molecule has 1 saturated carbocycles. The molecular weight excluding hydrogens is 360 g/mol. The monoisotopic (exact) mass is 376 g/mol. The van der Waals surface area contributed by atoms with Gasteiger partial charge in [-0.2, -0.15) is 0 Å². The van der Waals surface area contributed by atoms with Gasteiger partial charge in [0.2, 0.25) is 11.1 Å². The van der Waals surface area contributed by atoms with E-state index in [4.69, 9.17) is 9.47 Å². The Balaban J connectivity index is 1.27. The van der Waals surface area contributed by atoms with Crippen molar-refractivity contribution in [3.8, 4) is 11.5 Å². The van der Waals surface area contributed by atoms with Crippen LogP contribution in [0.1, 0.15) is 18.9 Å². The van der Waals surface area contributed by atoms with E-state index >= 15 is 0 Å². The maximum atomic E-state index is 12.0. The number of hydrogen-bond donors (Lipinski definition) is 2. The van der Waals surface area contributed by atoms with Gasteiger partial charge in [0.15, 0.2) is 11.5 Å². The molecule has 0 radical (unpaired) electrons. The number of aromatic nitrogens is 4. The van der Waals surface area contributed by atoms with E-state index in [1.807, 2.05) is 0 Å². The highest BCUT2D eigenvalue weighted by Crippen LogP contribution is 2.36. The molecule has 2 aliphatic rings. The van der Waals surface area contributed by atoms with E-state index in [2.05, 4.69) is 26.2 Å². The first-order valence-electron chi connectivity index (χ1n) is 8.10. The van der Waals surface area contributed by atoms with Crippen LogP contribution in [0.3, 0.4) is 0 Å². The molecule has 26 heavy (non-hydrogen) atoms. The van der Waals surface area contributed by atoms with E-state index < -0.39 is 11.9 Å². The number of amides is 3. The highest BCUT2D eigenvalue weighted by molar-refractivity contribution is 7.99. The van der Waals surface area contributed by atoms with Crippen molar-refractivity contribution in [3.05, 3.63) is 18.2 Å². The van der Waals surface area contributed by atoms with Gasteiger partial charge in [0, 0.05) is 11.8 Å². The molecule has 2 N–H and O–H groups in total. The predicted octanol–water partition coefficient (Wildman–Crippen LogP) is 1.22. The van der Waals surface area contributed by atoms with E-state index in [-0.39, 0.29) is 5.75 Å². The number of fused-ring (bicyclic) bond motifs is 1. The maximum Gasteiger partial charge on any atom is 0.325 e. The summed E-state index contributed by atoms with van der Waals surface area (Å²) in [7, 11) is 0. The first-order valence-corrected chi connectivity index (χ1v) is 9.09. The number of hydrogen-bond acceptors (Lipinski definition) is 8. The van der Waals surface area contributed by atoms with Crippen molar-refractivity contribution in [1.29, 1.82) is 0 Å². The molecule has 0 bridgehead atoms. The number of tetrazole rings is 1. The third kappa shape index (κ3) is 3.87. The van der Waals surface area contributed by atoms with Gasteiger partial charge < -0.3 is 14.8 Å². The fourth-order valence-electron chi connectivity index (χ4n) is 2.41. The van der Waals surface area contributed by atoms with Crippen LogP contribution in [0.2, 0.25) is 0 Å². The van der Waals surface area contributed by atoms with E-state index in [0.29, 0.717) is 41.6 Å². The number of imide groups is 1. The van der Waals surface area contributed by atoms with Gasteiger partial charge in [-0.15, -0.1) is 5.10 Å². The molecule has 1 aliphatic heterocycles. The lowest BCUT2D eigenvalue weighted by Gasteiger charge is -2.19. The zero-order chi connectivity index (χ0) is 17.9. The van der Waals surface area contributed by atoms with Crippen molar-refractivity contribution in [2.75, 3.05) is 24.3 Å². The molecule has 0 unspecified atom stereocenters. The summed E-state index contributed by atoms with van der Waals surface area (Å²) in [5.74, 6) is 0.795. The van der Waals surface area contributed by atoms with Gasteiger partial charge in [-0.25, -0.2) is 9.48 Å². The molecule has 136 valence electrons. The molecule has 4 rings (SSSR count). The molecule has 0 atom stereocenters. The number of benzene rings is 1. The predicted molar refractivity (Wildman–Crippen MR) is 91.4 cm³/mol. The highest BCUT2D eigenvalue weighted by Gasteiger charge is 2.28. The Labute approximate surface area is 152 Å². The lowest BCUT2D eigenvalue weighted by molar-refractivity contribution is -0.117. The van der Waals surface area contributed by atoms with Gasteiger partial charge >= 0.3 is 6.03 Å². The van der Waals surface area contributed by atoms with Crippen LogP contribution in [-0.2, 0) is 4.79 Å². The number of carbonyl (C=O) groups is 2. The van der Waals surface area contributed by atoms with Crippen LogP contribution in [-0.4, -0.2) is 51.1 Å². The number of nitrogens with zero attached hydrogens (tertiary/aromatic N) is 4. The second-order valence-electron chi connectivity index (χ2n) is 5.79.